The summed E-state index contributed by atoms with van der Waals surface area (Å²) in [6.07, 6.45) is 9.95. The average Bonchev–Trinajstić information content (AvgIpc) is 2.71. The zero-order chi connectivity index (χ0) is 23.5. The van der Waals surface area contributed by atoms with E-state index in [-0.39, 0.29) is 23.2 Å². The van der Waals surface area contributed by atoms with E-state index in [0.29, 0.717) is 0 Å². The molecule has 2 rings (SSSR count). The lowest BCUT2D eigenvalue weighted by Crippen LogP contribution is -2.19. The summed E-state index contributed by atoms with van der Waals surface area (Å²) >= 11 is 6.98. The number of carbonyl (C=O) groups excluding carboxylic acids is 1. The lowest BCUT2D eigenvalue weighted by molar-refractivity contribution is -0.124. The summed E-state index contributed by atoms with van der Waals surface area (Å²) in [5, 5.41) is 9.10. The van der Waals surface area contributed by atoms with Gasteiger partial charge in [0, 0.05) is 21.0 Å². The number of Topliss-reactive ketones (excluding diaryl/α,β-unsaturated/α-hetero) is 1. The summed E-state index contributed by atoms with van der Waals surface area (Å²) in [6, 6.07) is 16.1. The molecule has 0 fully saturated rings. The van der Waals surface area contributed by atoms with Crippen LogP contribution in [0.5, 0.6) is 0 Å². The first kappa shape index (κ1) is 27.5. The fourth-order valence-electron chi connectivity index (χ4n) is 2.41. The zero-order valence-corrected chi connectivity index (χ0v) is 22.3. The van der Waals surface area contributed by atoms with Gasteiger partial charge in [-0.25, -0.2) is 0 Å². The largest absolute Gasteiger partial charge is 0.396 e. The van der Waals surface area contributed by atoms with E-state index in [1.165, 1.54) is 5.56 Å². The van der Waals surface area contributed by atoms with Gasteiger partial charge in [0.25, 0.3) is 0 Å². The van der Waals surface area contributed by atoms with Gasteiger partial charge in [-0.15, -0.1) is 0 Å². The van der Waals surface area contributed by atoms with Gasteiger partial charge in [0.15, 0.2) is 0 Å². The third kappa shape index (κ3) is 10.6. The molecular formula is C27H34Br2O2. The number of aliphatic hydroxyl groups is 1. The average molecular weight is 550 g/mol. The summed E-state index contributed by atoms with van der Waals surface area (Å²) < 4.78 is 2.18. The molecule has 0 aliphatic rings. The SMILES string of the molecule is CC(=O)C(C)(C)CC=Cc1ccccc1Br.CC(C)(CO)CC=Cc1ccccc1Br. The molecule has 31 heavy (non-hydrogen) atoms. The van der Waals surface area contributed by atoms with Crippen molar-refractivity contribution in [1.82, 2.24) is 0 Å². The lowest BCUT2D eigenvalue weighted by Gasteiger charge is -2.18. The number of allylic oxidation sites excluding steroid dienone is 2. The van der Waals surface area contributed by atoms with E-state index in [1.807, 2.05) is 56.3 Å². The highest BCUT2D eigenvalue weighted by molar-refractivity contribution is 9.10. The number of aliphatic hydroxyl groups excluding tert-OH is 1. The Morgan fingerprint density at radius 3 is 1.65 bits per heavy atom. The van der Waals surface area contributed by atoms with Crippen molar-refractivity contribution in [2.45, 2.75) is 47.5 Å². The van der Waals surface area contributed by atoms with Crippen molar-refractivity contribution in [3.8, 4) is 0 Å². The molecule has 0 unspecified atom stereocenters. The standard InChI is InChI=1S/C14H17BrO.C13H17BrO/c1-11(16)14(2,3)10-6-8-12-7-4-5-9-13(12)15;1-13(2,10-15)9-5-7-11-6-3-4-8-12(11)14/h4-9H,10H2,1-3H3;3-8,15H,9-10H2,1-2H3. The van der Waals surface area contributed by atoms with Gasteiger partial charge >= 0.3 is 0 Å². The van der Waals surface area contributed by atoms with Crippen LogP contribution in [0.1, 0.15) is 58.6 Å². The number of hydrogen-bond donors (Lipinski definition) is 1. The highest BCUT2D eigenvalue weighted by atomic mass is 79.9. The van der Waals surface area contributed by atoms with Crippen LogP contribution in [0.25, 0.3) is 12.2 Å². The van der Waals surface area contributed by atoms with Crippen LogP contribution in [0.4, 0.5) is 0 Å². The van der Waals surface area contributed by atoms with Crippen molar-refractivity contribution in [1.29, 1.82) is 0 Å². The molecule has 0 aromatic heterocycles. The second-order valence-electron chi connectivity index (χ2n) is 9.02. The zero-order valence-electron chi connectivity index (χ0n) is 19.2. The predicted octanol–water partition coefficient (Wildman–Crippen LogP) is 8.34. The first-order chi connectivity index (χ1) is 14.5. The number of ketones is 1. The Morgan fingerprint density at radius 1 is 0.839 bits per heavy atom. The van der Waals surface area contributed by atoms with E-state index in [2.05, 4.69) is 76.1 Å². The quantitative estimate of drug-likeness (QED) is 0.359. The molecule has 168 valence electrons. The lowest BCUT2D eigenvalue weighted by atomic mass is 9.85. The fraction of sp³-hybridized carbons (Fsp3) is 0.370. The fourth-order valence-corrected chi connectivity index (χ4v) is 3.25. The first-order valence-electron chi connectivity index (χ1n) is 10.4. The van der Waals surface area contributed by atoms with Crippen molar-refractivity contribution in [2.75, 3.05) is 6.61 Å². The van der Waals surface area contributed by atoms with Crippen LogP contribution in [0.2, 0.25) is 0 Å². The Kier molecular flexibility index (Phi) is 11.7. The smallest absolute Gasteiger partial charge is 0.135 e. The second-order valence-corrected chi connectivity index (χ2v) is 10.7. The monoisotopic (exact) mass is 548 g/mol. The molecule has 0 atom stereocenters. The summed E-state index contributed by atoms with van der Waals surface area (Å²) in [6.45, 7) is 9.91. The van der Waals surface area contributed by atoms with Crippen LogP contribution >= 0.6 is 31.9 Å². The third-order valence-corrected chi connectivity index (χ3v) is 6.53. The Hall–Kier alpha value is -1.49. The van der Waals surface area contributed by atoms with Crippen molar-refractivity contribution < 1.29 is 9.90 Å². The molecule has 0 aliphatic carbocycles. The molecule has 0 aliphatic heterocycles. The van der Waals surface area contributed by atoms with Gasteiger partial charge < -0.3 is 5.11 Å². The molecule has 0 heterocycles. The highest BCUT2D eigenvalue weighted by Crippen LogP contribution is 2.24. The predicted molar refractivity (Wildman–Crippen MR) is 141 cm³/mol. The van der Waals surface area contributed by atoms with Crippen LogP contribution in [-0.2, 0) is 4.79 Å². The topological polar surface area (TPSA) is 37.3 Å². The molecule has 0 radical (unpaired) electrons. The maximum absolute atomic E-state index is 11.3. The maximum Gasteiger partial charge on any atom is 0.135 e. The van der Waals surface area contributed by atoms with E-state index in [9.17, 15) is 4.79 Å². The second kappa shape index (κ2) is 13.1. The van der Waals surface area contributed by atoms with Crippen molar-refractivity contribution in [3.05, 3.63) is 80.8 Å². The number of rotatable bonds is 8. The Labute approximate surface area is 204 Å². The van der Waals surface area contributed by atoms with E-state index in [1.54, 1.807) is 6.92 Å². The highest BCUT2D eigenvalue weighted by Gasteiger charge is 2.21. The molecule has 0 spiro atoms. The van der Waals surface area contributed by atoms with Crippen LogP contribution < -0.4 is 0 Å². The van der Waals surface area contributed by atoms with Crippen molar-refractivity contribution in [3.63, 3.8) is 0 Å². The van der Waals surface area contributed by atoms with E-state index in [0.717, 1.165) is 27.4 Å². The molecule has 0 saturated heterocycles. The van der Waals surface area contributed by atoms with Gasteiger partial charge in [0.1, 0.15) is 5.78 Å². The molecule has 4 heteroatoms. The minimum atomic E-state index is -0.266. The molecule has 2 aromatic carbocycles. The van der Waals surface area contributed by atoms with Gasteiger partial charge in [-0.05, 0) is 48.4 Å². The molecule has 0 amide bonds. The minimum Gasteiger partial charge on any atom is -0.396 e. The summed E-state index contributed by atoms with van der Waals surface area (Å²) in [7, 11) is 0. The Bertz CT molecular complexity index is 896. The first-order valence-corrected chi connectivity index (χ1v) is 12.0. The van der Waals surface area contributed by atoms with Crippen LogP contribution in [0.15, 0.2) is 69.6 Å². The number of carbonyl (C=O) groups is 1. The minimum absolute atomic E-state index is 0.0300. The normalized spacial score (nSPS) is 12.1. The van der Waals surface area contributed by atoms with Crippen LogP contribution in [-0.4, -0.2) is 17.5 Å². The number of halogens is 2. The number of benzene rings is 2. The van der Waals surface area contributed by atoms with Gasteiger partial charge in [-0.3, -0.25) is 4.79 Å². The maximum atomic E-state index is 11.3. The van der Waals surface area contributed by atoms with Gasteiger partial charge in [0.05, 0.1) is 0 Å². The summed E-state index contributed by atoms with van der Waals surface area (Å²) in [5.74, 6) is 0.226. The van der Waals surface area contributed by atoms with Crippen LogP contribution in [0, 0.1) is 10.8 Å². The molecule has 2 nitrogen and oxygen atoms in total. The Balaban J connectivity index is 0.000000311. The summed E-state index contributed by atoms with van der Waals surface area (Å²) in [5.41, 5.74) is 2.02. The molecule has 2 aromatic rings. The van der Waals surface area contributed by atoms with Gasteiger partial charge in [0.2, 0.25) is 0 Å². The molecule has 1 N–H and O–H groups in total. The third-order valence-electron chi connectivity index (χ3n) is 5.08. The van der Waals surface area contributed by atoms with E-state index in [4.69, 9.17) is 5.11 Å². The van der Waals surface area contributed by atoms with Gasteiger partial charge in [-0.2, -0.15) is 0 Å². The van der Waals surface area contributed by atoms with Gasteiger partial charge in [-0.1, -0.05) is 120 Å². The van der Waals surface area contributed by atoms with E-state index >= 15 is 0 Å². The molecular weight excluding hydrogens is 516 g/mol. The van der Waals surface area contributed by atoms with E-state index < -0.39 is 0 Å². The number of hydrogen-bond acceptors (Lipinski definition) is 2. The summed E-state index contributed by atoms with van der Waals surface area (Å²) in [4.78, 5) is 11.3. The molecule has 0 bridgehead atoms. The van der Waals surface area contributed by atoms with Crippen molar-refractivity contribution >= 4 is 49.8 Å². The molecule has 0 saturated carbocycles. The van der Waals surface area contributed by atoms with Crippen molar-refractivity contribution in [2.24, 2.45) is 10.8 Å². The Morgan fingerprint density at radius 2 is 1.26 bits per heavy atom. The van der Waals surface area contributed by atoms with Crippen LogP contribution in [0.3, 0.4) is 0 Å².